The monoisotopic (exact) mass is 381 g/mol. The average molecular weight is 381 g/mol. The molecule has 0 unspecified atom stereocenters. The van der Waals surface area contributed by atoms with Crippen molar-refractivity contribution >= 4 is 11.6 Å². The van der Waals surface area contributed by atoms with E-state index in [-0.39, 0.29) is 23.7 Å². The summed E-state index contributed by atoms with van der Waals surface area (Å²) in [7, 11) is 1.54. The lowest BCUT2D eigenvalue weighted by Gasteiger charge is -2.10. The number of aryl methyl sites for hydroxylation is 1. The number of para-hydroxylation sites is 2. The second-order valence-corrected chi connectivity index (χ2v) is 6.14. The molecule has 6 nitrogen and oxygen atoms in total. The number of methoxy groups -OCH3 is 1. The SMILES string of the molecule is COc1ccccc1NC(=O)CCCn1nc(-c2ccc(F)cc2)ccc1=O. The molecule has 28 heavy (non-hydrogen) atoms. The van der Waals surface area contributed by atoms with Gasteiger partial charge in [0.2, 0.25) is 5.91 Å². The zero-order chi connectivity index (χ0) is 19.9. The Hall–Kier alpha value is -3.48. The average Bonchev–Trinajstić information content (AvgIpc) is 2.70. The number of benzene rings is 2. The first kappa shape index (κ1) is 19.3. The lowest BCUT2D eigenvalue weighted by Crippen LogP contribution is -2.23. The number of nitrogens with one attached hydrogen (secondary N) is 1. The number of anilines is 1. The van der Waals surface area contributed by atoms with Crippen molar-refractivity contribution in [2.24, 2.45) is 0 Å². The van der Waals surface area contributed by atoms with Gasteiger partial charge in [0.25, 0.3) is 5.56 Å². The van der Waals surface area contributed by atoms with Crippen LogP contribution in [0.15, 0.2) is 65.5 Å². The highest BCUT2D eigenvalue weighted by Crippen LogP contribution is 2.23. The number of ether oxygens (including phenoxy) is 1. The van der Waals surface area contributed by atoms with Crippen molar-refractivity contribution in [1.82, 2.24) is 9.78 Å². The maximum absolute atomic E-state index is 13.1. The normalized spacial score (nSPS) is 10.5. The molecular weight excluding hydrogens is 361 g/mol. The Labute approximate surface area is 161 Å². The van der Waals surface area contributed by atoms with E-state index in [0.717, 1.165) is 0 Å². The first-order valence-corrected chi connectivity index (χ1v) is 8.84. The number of carbonyl (C=O) groups excluding carboxylic acids is 1. The summed E-state index contributed by atoms with van der Waals surface area (Å²) in [6, 6.07) is 16.1. The number of carbonyl (C=O) groups is 1. The summed E-state index contributed by atoms with van der Waals surface area (Å²) in [4.78, 5) is 24.2. The molecule has 0 atom stereocenters. The molecule has 144 valence electrons. The van der Waals surface area contributed by atoms with Crippen LogP contribution < -0.4 is 15.6 Å². The molecule has 0 aliphatic heterocycles. The molecule has 0 bridgehead atoms. The van der Waals surface area contributed by atoms with Crippen LogP contribution in [-0.4, -0.2) is 22.8 Å². The smallest absolute Gasteiger partial charge is 0.266 e. The summed E-state index contributed by atoms with van der Waals surface area (Å²) in [5, 5.41) is 7.11. The zero-order valence-corrected chi connectivity index (χ0v) is 15.4. The summed E-state index contributed by atoms with van der Waals surface area (Å²) >= 11 is 0. The van der Waals surface area contributed by atoms with Crippen LogP contribution in [0.5, 0.6) is 5.75 Å². The van der Waals surface area contributed by atoms with Crippen molar-refractivity contribution in [3.05, 3.63) is 76.8 Å². The Kier molecular flexibility index (Phi) is 6.16. The minimum atomic E-state index is -0.335. The minimum absolute atomic E-state index is 0.174. The van der Waals surface area contributed by atoms with Crippen LogP contribution in [0.3, 0.4) is 0 Å². The van der Waals surface area contributed by atoms with Gasteiger partial charge in [-0.15, -0.1) is 0 Å². The lowest BCUT2D eigenvalue weighted by molar-refractivity contribution is -0.116. The van der Waals surface area contributed by atoms with Gasteiger partial charge in [-0.3, -0.25) is 9.59 Å². The molecule has 1 aromatic heterocycles. The van der Waals surface area contributed by atoms with Crippen LogP contribution in [0.25, 0.3) is 11.3 Å². The minimum Gasteiger partial charge on any atom is -0.495 e. The molecule has 1 amide bonds. The first-order valence-electron chi connectivity index (χ1n) is 8.84. The summed E-state index contributed by atoms with van der Waals surface area (Å²) in [5.41, 5.74) is 1.63. The Morgan fingerprint density at radius 3 is 2.61 bits per heavy atom. The standard InChI is InChI=1S/C21H20FN3O3/c1-28-19-6-3-2-5-18(19)23-20(26)7-4-14-25-21(27)13-12-17(24-25)15-8-10-16(22)11-9-15/h2-3,5-6,8-13H,4,7,14H2,1H3,(H,23,26). The van der Waals surface area contributed by atoms with Crippen LogP contribution in [0, 0.1) is 5.82 Å². The van der Waals surface area contributed by atoms with Crippen LogP contribution in [0.1, 0.15) is 12.8 Å². The summed E-state index contributed by atoms with van der Waals surface area (Å²) < 4.78 is 19.6. The van der Waals surface area contributed by atoms with Gasteiger partial charge in [0, 0.05) is 24.6 Å². The summed E-state index contributed by atoms with van der Waals surface area (Å²) in [6.45, 7) is 0.299. The van der Waals surface area contributed by atoms with Gasteiger partial charge in [-0.05, 0) is 48.9 Å². The Morgan fingerprint density at radius 1 is 1.11 bits per heavy atom. The third-order valence-electron chi connectivity index (χ3n) is 4.16. The fraction of sp³-hybridized carbons (Fsp3) is 0.190. The van der Waals surface area contributed by atoms with E-state index in [1.807, 2.05) is 12.1 Å². The van der Waals surface area contributed by atoms with E-state index < -0.39 is 0 Å². The van der Waals surface area contributed by atoms with Crippen LogP contribution >= 0.6 is 0 Å². The molecular formula is C21H20FN3O3. The highest BCUT2D eigenvalue weighted by Gasteiger charge is 2.08. The molecule has 0 saturated carbocycles. The number of aromatic nitrogens is 2. The molecule has 1 heterocycles. The van der Waals surface area contributed by atoms with Crippen LogP contribution in [0.2, 0.25) is 0 Å². The molecule has 1 N–H and O–H groups in total. The van der Waals surface area contributed by atoms with E-state index in [1.54, 1.807) is 30.3 Å². The molecule has 3 rings (SSSR count). The van der Waals surface area contributed by atoms with Crippen molar-refractivity contribution in [3.8, 4) is 17.0 Å². The first-order chi connectivity index (χ1) is 13.6. The molecule has 0 radical (unpaired) electrons. The fourth-order valence-corrected chi connectivity index (χ4v) is 2.73. The highest BCUT2D eigenvalue weighted by atomic mass is 19.1. The number of rotatable bonds is 7. The topological polar surface area (TPSA) is 73.2 Å². The number of nitrogens with zero attached hydrogens (tertiary/aromatic N) is 2. The van der Waals surface area contributed by atoms with Crippen molar-refractivity contribution in [3.63, 3.8) is 0 Å². The molecule has 7 heteroatoms. The Morgan fingerprint density at radius 2 is 1.86 bits per heavy atom. The van der Waals surface area contributed by atoms with Crippen molar-refractivity contribution in [2.45, 2.75) is 19.4 Å². The maximum atomic E-state index is 13.1. The predicted molar refractivity (Wildman–Crippen MR) is 105 cm³/mol. The molecule has 0 saturated heterocycles. The maximum Gasteiger partial charge on any atom is 0.266 e. The molecule has 0 spiro atoms. The van der Waals surface area contributed by atoms with Gasteiger partial charge in [0.15, 0.2) is 0 Å². The van der Waals surface area contributed by atoms with Gasteiger partial charge < -0.3 is 10.1 Å². The predicted octanol–water partition coefficient (Wildman–Crippen LogP) is 3.48. The number of halogens is 1. The van der Waals surface area contributed by atoms with Crippen LogP contribution in [0.4, 0.5) is 10.1 Å². The lowest BCUT2D eigenvalue weighted by atomic mass is 10.1. The Bertz CT molecular complexity index is 1020. The van der Waals surface area contributed by atoms with Crippen molar-refractivity contribution < 1.29 is 13.9 Å². The molecule has 2 aromatic carbocycles. The zero-order valence-electron chi connectivity index (χ0n) is 15.4. The second-order valence-electron chi connectivity index (χ2n) is 6.14. The van der Waals surface area contributed by atoms with Gasteiger partial charge in [-0.25, -0.2) is 9.07 Å². The van der Waals surface area contributed by atoms with Gasteiger partial charge in [0.05, 0.1) is 18.5 Å². The van der Waals surface area contributed by atoms with Crippen LogP contribution in [-0.2, 0) is 11.3 Å². The van der Waals surface area contributed by atoms with Gasteiger partial charge in [0.1, 0.15) is 11.6 Å². The molecule has 0 aliphatic rings. The summed E-state index contributed by atoms with van der Waals surface area (Å²) in [6.07, 6.45) is 0.674. The van der Waals surface area contributed by atoms with Gasteiger partial charge >= 0.3 is 0 Å². The third kappa shape index (κ3) is 4.82. The van der Waals surface area contributed by atoms with E-state index >= 15 is 0 Å². The van der Waals surface area contributed by atoms with Crippen molar-refractivity contribution in [1.29, 1.82) is 0 Å². The van der Waals surface area contributed by atoms with Crippen molar-refractivity contribution in [2.75, 3.05) is 12.4 Å². The number of amides is 1. The largest absolute Gasteiger partial charge is 0.495 e. The van der Waals surface area contributed by atoms with E-state index in [9.17, 15) is 14.0 Å². The van der Waals surface area contributed by atoms with E-state index in [1.165, 1.54) is 30.0 Å². The number of hydrogen-bond donors (Lipinski definition) is 1. The molecule has 0 fully saturated rings. The second kappa shape index (κ2) is 8.94. The number of hydrogen-bond acceptors (Lipinski definition) is 4. The van der Waals surface area contributed by atoms with E-state index in [0.29, 0.717) is 35.7 Å². The summed E-state index contributed by atoms with van der Waals surface area (Å²) in [5.74, 6) is 0.0751. The fourth-order valence-electron chi connectivity index (χ4n) is 2.73. The van der Waals surface area contributed by atoms with Gasteiger partial charge in [-0.1, -0.05) is 12.1 Å². The van der Waals surface area contributed by atoms with E-state index in [2.05, 4.69) is 10.4 Å². The Balaban J connectivity index is 1.61. The third-order valence-corrected chi connectivity index (χ3v) is 4.16. The highest BCUT2D eigenvalue weighted by molar-refractivity contribution is 5.92. The van der Waals surface area contributed by atoms with Gasteiger partial charge in [-0.2, -0.15) is 5.10 Å². The molecule has 0 aliphatic carbocycles. The molecule has 3 aromatic rings. The van der Waals surface area contributed by atoms with E-state index in [4.69, 9.17) is 4.74 Å². The quantitative estimate of drug-likeness (QED) is 0.680.